The number of carbonyl (C=O) groups excluding carboxylic acids is 1. The topological polar surface area (TPSA) is 59.9 Å². The second-order valence-corrected chi connectivity index (χ2v) is 8.20. The number of nitrogens with zero attached hydrogens (tertiary/aromatic N) is 4. The summed E-state index contributed by atoms with van der Waals surface area (Å²) in [6.45, 7) is 0.174. The van der Waals surface area contributed by atoms with Crippen LogP contribution in [0.3, 0.4) is 0 Å². The predicted molar refractivity (Wildman–Crippen MR) is 138 cm³/mol. The van der Waals surface area contributed by atoms with Gasteiger partial charge in [0.2, 0.25) is 5.78 Å². The van der Waals surface area contributed by atoms with Gasteiger partial charge in [-0.25, -0.2) is 4.57 Å². The number of carbonyl (C=O) groups is 1. The van der Waals surface area contributed by atoms with Crippen molar-refractivity contribution >= 4 is 17.7 Å². The van der Waals surface area contributed by atoms with Gasteiger partial charge in [-0.05, 0) is 66.2 Å². The third-order valence-electron chi connectivity index (χ3n) is 5.69. The first-order chi connectivity index (χ1) is 17.0. The normalized spacial score (nSPS) is 10.7. The molecule has 4 rings (SSSR count). The lowest BCUT2D eigenvalue weighted by Crippen LogP contribution is -3.00. The molecule has 0 unspecified atom stereocenters. The first-order valence-corrected chi connectivity index (χ1v) is 11.2. The van der Waals surface area contributed by atoms with Gasteiger partial charge in [0.15, 0.2) is 12.7 Å². The summed E-state index contributed by atoms with van der Waals surface area (Å²) < 4.78 is 14.2. The maximum Gasteiger partial charge on any atom is 0.314 e. The van der Waals surface area contributed by atoms with E-state index >= 15 is 0 Å². The van der Waals surface area contributed by atoms with Crippen LogP contribution in [0.4, 0.5) is 5.69 Å². The zero-order chi connectivity index (χ0) is 24.8. The second kappa shape index (κ2) is 12.2. The smallest absolute Gasteiger partial charge is 0.314 e. The summed E-state index contributed by atoms with van der Waals surface area (Å²) >= 11 is 0. The fourth-order valence-corrected chi connectivity index (χ4v) is 3.69. The number of anilines is 1. The molecular formula is C28H29BrN4O3. The van der Waals surface area contributed by atoms with Gasteiger partial charge in [0, 0.05) is 25.3 Å². The van der Waals surface area contributed by atoms with Gasteiger partial charge in [-0.2, -0.15) is 0 Å². The molecular weight excluding hydrogens is 520 g/mol. The second-order valence-electron chi connectivity index (χ2n) is 8.20. The van der Waals surface area contributed by atoms with E-state index in [1.165, 1.54) is 0 Å². The Labute approximate surface area is 222 Å². The molecule has 0 radical (unpaired) electrons. The summed E-state index contributed by atoms with van der Waals surface area (Å²) in [7, 11) is 7.26. The van der Waals surface area contributed by atoms with Crippen molar-refractivity contribution in [2.45, 2.75) is 6.54 Å². The fourth-order valence-electron chi connectivity index (χ4n) is 3.69. The van der Waals surface area contributed by atoms with Crippen LogP contribution in [0.5, 0.6) is 11.5 Å². The molecule has 0 saturated carbocycles. The Bertz CT molecular complexity index is 1310. The van der Waals surface area contributed by atoms with Crippen molar-refractivity contribution in [2.24, 2.45) is 5.10 Å². The summed E-state index contributed by atoms with van der Waals surface area (Å²) in [5.41, 5.74) is 3.64. The molecule has 0 N–H and O–H groups in total. The summed E-state index contributed by atoms with van der Waals surface area (Å²) in [5.74, 6) is 2.26. The lowest BCUT2D eigenvalue weighted by Gasteiger charge is -2.11. The number of methoxy groups -OCH3 is 2. The van der Waals surface area contributed by atoms with Gasteiger partial charge in [-0.3, -0.25) is 4.79 Å². The Balaban J connectivity index is 0.00000361. The minimum atomic E-state index is -0.00609. The van der Waals surface area contributed by atoms with E-state index in [9.17, 15) is 4.79 Å². The molecule has 1 heterocycles. The minimum Gasteiger partial charge on any atom is -1.00 e. The molecule has 0 bridgehead atoms. The highest BCUT2D eigenvalue weighted by atomic mass is 79.9. The Kier molecular flexibility index (Phi) is 9.02. The van der Waals surface area contributed by atoms with Crippen molar-refractivity contribution in [3.8, 4) is 22.9 Å². The van der Waals surface area contributed by atoms with Crippen LogP contribution in [0.2, 0.25) is 0 Å². The van der Waals surface area contributed by atoms with Crippen LogP contribution in [-0.4, -0.2) is 44.9 Å². The van der Waals surface area contributed by atoms with Crippen LogP contribution in [0, 0.1) is 0 Å². The van der Waals surface area contributed by atoms with Crippen molar-refractivity contribution in [1.82, 2.24) is 4.57 Å². The lowest BCUT2D eigenvalue weighted by atomic mass is 10.1. The molecule has 7 nitrogen and oxygen atoms in total. The van der Waals surface area contributed by atoms with Crippen molar-refractivity contribution < 1.29 is 35.9 Å². The van der Waals surface area contributed by atoms with Crippen molar-refractivity contribution in [2.75, 3.05) is 33.2 Å². The summed E-state index contributed by atoms with van der Waals surface area (Å²) in [6.07, 6.45) is 5.53. The maximum absolute atomic E-state index is 13.0. The van der Waals surface area contributed by atoms with Crippen LogP contribution < -0.4 is 36.0 Å². The van der Waals surface area contributed by atoms with Gasteiger partial charge in [0.25, 0.3) is 0 Å². The molecule has 186 valence electrons. The number of hydrogen-bond donors (Lipinski definition) is 0. The zero-order valence-electron chi connectivity index (χ0n) is 20.8. The average Bonchev–Trinajstić information content (AvgIpc) is 3.29. The Morgan fingerprint density at radius 1 is 0.917 bits per heavy atom. The maximum atomic E-state index is 13.0. The molecule has 0 saturated heterocycles. The number of imidazole rings is 1. The summed E-state index contributed by atoms with van der Waals surface area (Å²) in [5, 5.41) is 4.69. The molecule has 0 atom stereocenters. The number of halogens is 1. The quantitative estimate of drug-likeness (QED) is 0.180. The third kappa shape index (κ3) is 6.20. The summed E-state index contributed by atoms with van der Waals surface area (Å²) in [4.78, 5) is 15.1. The minimum absolute atomic E-state index is 0. The molecule has 0 aliphatic rings. The zero-order valence-corrected chi connectivity index (χ0v) is 22.3. The lowest BCUT2D eigenvalue weighted by molar-refractivity contribution is -0.666. The first kappa shape index (κ1) is 26.7. The van der Waals surface area contributed by atoms with Gasteiger partial charge in [-0.1, -0.05) is 17.2 Å². The average molecular weight is 549 g/mol. The largest absolute Gasteiger partial charge is 1.00 e. The molecule has 4 aromatic rings. The predicted octanol–water partition coefficient (Wildman–Crippen LogP) is 1.29. The van der Waals surface area contributed by atoms with Crippen LogP contribution in [0.25, 0.3) is 11.4 Å². The first-order valence-electron chi connectivity index (χ1n) is 11.2. The summed E-state index contributed by atoms with van der Waals surface area (Å²) in [6, 6.07) is 23.0. The van der Waals surface area contributed by atoms with Crippen LogP contribution in [0.1, 0.15) is 15.9 Å². The Morgan fingerprint density at radius 3 is 2.06 bits per heavy atom. The fraction of sp³-hybridized carbons (Fsp3) is 0.179. The molecule has 0 fully saturated rings. The van der Waals surface area contributed by atoms with Gasteiger partial charge in [-0.15, -0.1) is 4.68 Å². The van der Waals surface area contributed by atoms with Crippen LogP contribution >= 0.6 is 0 Å². The van der Waals surface area contributed by atoms with E-state index in [4.69, 9.17) is 14.6 Å². The number of aromatic nitrogens is 2. The molecule has 3 aromatic carbocycles. The van der Waals surface area contributed by atoms with Crippen molar-refractivity contribution in [1.29, 1.82) is 0 Å². The standard InChI is InChI=1S/C28H29N4O3.BrH/c1-30(2)24-11-5-21(6-12-24)19-29-32-18-17-31(28(32)23-9-15-26(35-4)16-10-23)20-27(33)22-7-13-25(34-3)14-8-22;/h5-19H,20H2,1-4H3;1H/q+1;/p-1. The van der Waals surface area contributed by atoms with E-state index in [1.807, 2.05) is 73.7 Å². The molecule has 0 aliphatic carbocycles. The molecule has 0 spiro atoms. The highest BCUT2D eigenvalue weighted by Gasteiger charge is 2.22. The van der Waals surface area contributed by atoms with Gasteiger partial charge >= 0.3 is 5.82 Å². The third-order valence-corrected chi connectivity index (χ3v) is 5.69. The number of ketones is 1. The molecule has 0 amide bonds. The van der Waals surface area contributed by atoms with Crippen LogP contribution in [0.15, 0.2) is 90.3 Å². The molecule has 36 heavy (non-hydrogen) atoms. The van der Waals surface area contributed by atoms with Crippen LogP contribution in [-0.2, 0) is 6.54 Å². The van der Waals surface area contributed by atoms with E-state index in [2.05, 4.69) is 17.0 Å². The highest BCUT2D eigenvalue weighted by Crippen LogP contribution is 2.21. The monoisotopic (exact) mass is 548 g/mol. The number of benzene rings is 3. The molecule has 1 aromatic heterocycles. The number of ether oxygens (including phenoxy) is 2. The highest BCUT2D eigenvalue weighted by molar-refractivity contribution is 5.96. The Hall–Kier alpha value is -3.91. The van der Waals surface area contributed by atoms with E-state index in [0.29, 0.717) is 11.3 Å². The van der Waals surface area contributed by atoms with E-state index in [1.54, 1.807) is 43.2 Å². The van der Waals surface area contributed by atoms with E-state index < -0.39 is 0 Å². The number of rotatable bonds is 9. The number of hydrogen-bond acceptors (Lipinski definition) is 5. The van der Waals surface area contributed by atoms with Crippen molar-refractivity contribution in [3.05, 3.63) is 96.3 Å². The molecule has 0 aliphatic heterocycles. The van der Waals surface area contributed by atoms with Crippen molar-refractivity contribution in [3.63, 3.8) is 0 Å². The van der Waals surface area contributed by atoms with Gasteiger partial charge < -0.3 is 31.4 Å². The van der Waals surface area contributed by atoms with E-state index in [0.717, 1.165) is 28.4 Å². The van der Waals surface area contributed by atoms with Gasteiger partial charge in [0.1, 0.15) is 17.7 Å². The Morgan fingerprint density at radius 2 is 1.50 bits per heavy atom. The SMILES string of the molecule is COc1ccc(C(=O)Cn2cc[n+](N=Cc3ccc(N(C)C)cc3)c2-c2ccc(OC)cc2)cc1.[Br-]. The van der Waals surface area contributed by atoms with E-state index in [-0.39, 0.29) is 29.3 Å². The number of Topliss-reactive ketones (excluding diaryl/α,β-unsaturated/α-hetero) is 1. The molecule has 8 heteroatoms. The van der Waals surface area contributed by atoms with Gasteiger partial charge in [0.05, 0.1) is 26.0 Å².